The largest absolute Gasteiger partial charge is 0.478 e. The van der Waals surface area contributed by atoms with Crippen molar-refractivity contribution in [1.82, 2.24) is 0 Å². The van der Waals surface area contributed by atoms with Crippen molar-refractivity contribution in [3.63, 3.8) is 0 Å². The summed E-state index contributed by atoms with van der Waals surface area (Å²) in [5, 5.41) is 9.71. The molecular weight excluding hydrogens is 238 g/mol. The summed E-state index contributed by atoms with van der Waals surface area (Å²) < 4.78 is 0. The van der Waals surface area contributed by atoms with E-state index >= 15 is 0 Å². The molecular formula is C13H16ClNO2. The van der Waals surface area contributed by atoms with Crippen molar-refractivity contribution in [1.29, 1.82) is 0 Å². The van der Waals surface area contributed by atoms with Crippen molar-refractivity contribution < 1.29 is 9.90 Å². The molecule has 3 nitrogen and oxygen atoms in total. The lowest BCUT2D eigenvalue weighted by Crippen LogP contribution is -2.34. The zero-order valence-corrected chi connectivity index (χ0v) is 10.6. The number of piperidine rings is 1. The molecule has 1 heterocycles. The molecule has 92 valence electrons. The first-order valence-corrected chi connectivity index (χ1v) is 6.24. The molecule has 1 fully saturated rings. The number of aromatic carboxylic acids is 1. The highest BCUT2D eigenvalue weighted by atomic mass is 35.5. The van der Waals surface area contributed by atoms with Gasteiger partial charge < -0.3 is 10.0 Å². The summed E-state index contributed by atoms with van der Waals surface area (Å²) in [5.41, 5.74) is 0.973. The van der Waals surface area contributed by atoms with Crippen LogP contribution in [-0.4, -0.2) is 24.2 Å². The highest BCUT2D eigenvalue weighted by Crippen LogP contribution is 2.32. The second kappa shape index (κ2) is 4.96. The topological polar surface area (TPSA) is 40.5 Å². The number of carboxylic acid groups (broad SMARTS) is 1. The van der Waals surface area contributed by atoms with E-state index in [1.54, 1.807) is 18.2 Å². The van der Waals surface area contributed by atoms with E-state index in [2.05, 4.69) is 11.8 Å². The summed E-state index contributed by atoms with van der Waals surface area (Å²) in [6.45, 7) is 3.98. The summed E-state index contributed by atoms with van der Waals surface area (Å²) in [6.07, 6.45) is 2.18. The first kappa shape index (κ1) is 12.2. The molecule has 0 radical (unpaired) electrons. The summed E-state index contributed by atoms with van der Waals surface area (Å²) in [6, 6.07) is 5.05. The van der Waals surface area contributed by atoms with Gasteiger partial charge in [0.15, 0.2) is 0 Å². The second-order valence-corrected chi connectivity index (χ2v) is 5.02. The maximum Gasteiger partial charge on any atom is 0.337 e. The number of halogens is 1. The third-order valence-corrected chi connectivity index (χ3v) is 3.62. The first-order chi connectivity index (χ1) is 8.09. The first-order valence-electron chi connectivity index (χ1n) is 5.86. The predicted molar refractivity (Wildman–Crippen MR) is 69.0 cm³/mol. The molecule has 0 saturated carbocycles. The third-order valence-electron chi connectivity index (χ3n) is 3.32. The van der Waals surface area contributed by atoms with E-state index in [1.165, 1.54) is 0 Å². The average Bonchev–Trinajstić information content (AvgIpc) is 2.30. The molecule has 0 aliphatic carbocycles. The fourth-order valence-corrected chi connectivity index (χ4v) is 2.54. The van der Waals surface area contributed by atoms with E-state index in [1.807, 2.05) is 0 Å². The fraction of sp³-hybridized carbons (Fsp3) is 0.462. The van der Waals surface area contributed by atoms with Gasteiger partial charge in [0.1, 0.15) is 0 Å². The van der Waals surface area contributed by atoms with Crippen molar-refractivity contribution in [3.05, 3.63) is 28.8 Å². The Morgan fingerprint density at radius 3 is 2.65 bits per heavy atom. The minimum Gasteiger partial charge on any atom is -0.478 e. The van der Waals surface area contributed by atoms with Crippen LogP contribution in [0.5, 0.6) is 0 Å². The smallest absolute Gasteiger partial charge is 0.337 e. The third kappa shape index (κ3) is 2.55. The van der Waals surface area contributed by atoms with Crippen LogP contribution in [0.3, 0.4) is 0 Å². The number of hydrogen-bond acceptors (Lipinski definition) is 2. The van der Waals surface area contributed by atoms with Gasteiger partial charge in [-0.3, -0.25) is 0 Å². The van der Waals surface area contributed by atoms with Gasteiger partial charge in [0.2, 0.25) is 0 Å². The van der Waals surface area contributed by atoms with Gasteiger partial charge in [-0.1, -0.05) is 24.6 Å². The van der Waals surface area contributed by atoms with Crippen LogP contribution in [0.25, 0.3) is 0 Å². The van der Waals surface area contributed by atoms with Gasteiger partial charge in [0.25, 0.3) is 0 Å². The van der Waals surface area contributed by atoms with E-state index in [4.69, 9.17) is 11.6 Å². The average molecular weight is 254 g/mol. The lowest BCUT2D eigenvalue weighted by atomic mass is 9.98. The minimum absolute atomic E-state index is 0.298. The molecule has 1 aliphatic heterocycles. The highest BCUT2D eigenvalue weighted by Gasteiger charge is 2.22. The molecule has 0 amide bonds. The Labute approximate surface area is 106 Å². The molecule has 0 spiro atoms. The molecule has 1 aromatic rings. The SMILES string of the molecule is CC1CCN(c2c(Cl)cccc2C(=O)O)CC1. The quantitative estimate of drug-likeness (QED) is 0.879. The number of benzene rings is 1. The van der Waals surface area contributed by atoms with Crippen LogP contribution in [0.4, 0.5) is 5.69 Å². The Balaban J connectivity index is 2.33. The number of nitrogens with zero attached hydrogens (tertiary/aromatic N) is 1. The van der Waals surface area contributed by atoms with Crippen molar-refractivity contribution >= 4 is 23.3 Å². The molecule has 1 N–H and O–H groups in total. The van der Waals surface area contributed by atoms with Gasteiger partial charge in [0.05, 0.1) is 16.3 Å². The fourth-order valence-electron chi connectivity index (χ4n) is 2.24. The lowest BCUT2D eigenvalue weighted by molar-refractivity contribution is 0.0697. The van der Waals surface area contributed by atoms with Crippen LogP contribution >= 0.6 is 11.6 Å². The molecule has 1 aliphatic rings. The Morgan fingerprint density at radius 2 is 2.06 bits per heavy atom. The van der Waals surface area contributed by atoms with Gasteiger partial charge in [0, 0.05) is 13.1 Å². The van der Waals surface area contributed by atoms with E-state index in [-0.39, 0.29) is 0 Å². The molecule has 1 saturated heterocycles. The Hall–Kier alpha value is -1.22. The standard InChI is InChI=1S/C13H16ClNO2/c1-9-5-7-15(8-6-9)12-10(13(16)17)3-2-4-11(12)14/h2-4,9H,5-8H2,1H3,(H,16,17). The number of hydrogen-bond donors (Lipinski definition) is 1. The number of carbonyl (C=O) groups is 1. The van der Waals surface area contributed by atoms with Crippen molar-refractivity contribution in [2.45, 2.75) is 19.8 Å². The molecule has 4 heteroatoms. The van der Waals surface area contributed by atoms with Crippen LogP contribution in [0.2, 0.25) is 5.02 Å². The zero-order chi connectivity index (χ0) is 12.4. The van der Waals surface area contributed by atoms with Gasteiger partial charge in [-0.15, -0.1) is 0 Å². The lowest BCUT2D eigenvalue weighted by Gasteiger charge is -2.33. The van der Waals surface area contributed by atoms with E-state index in [0.717, 1.165) is 25.9 Å². The van der Waals surface area contributed by atoms with Crippen LogP contribution in [-0.2, 0) is 0 Å². The molecule has 17 heavy (non-hydrogen) atoms. The monoisotopic (exact) mass is 253 g/mol. The maximum absolute atomic E-state index is 11.2. The number of rotatable bonds is 2. The van der Waals surface area contributed by atoms with Gasteiger partial charge in [-0.25, -0.2) is 4.79 Å². The molecule has 2 rings (SSSR count). The van der Waals surface area contributed by atoms with Crippen molar-refractivity contribution in [2.24, 2.45) is 5.92 Å². The summed E-state index contributed by atoms with van der Waals surface area (Å²) in [7, 11) is 0. The van der Waals surface area contributed by atoms with Gasteiger partial charge in [-0.05, 0) is 30.9 Å². The Morgan fingerprint density at radius 1 is 1.41 bits per heavy atom. The summed E-state index contributed by atoms with van der Waals surface area (Å²) >= 11 is 6.14. The van der Waals surface area contributed by atoms with Crippen molar-refractivity contribution in [2.75, 3.05) is 18.0 Å². The molecule has 0 bridgehead atoms. The van der Waals surface area contributed by atoms with Gasteiger partial charge in [-0.2, -0.15) is 0 Å². The molecule has 0 unspecified atom stereocenters. The molecule has 1 aromatic carbocycles. The number of carboxylic acids is 1. The second-order valence-electron chi connectivity index (χ2n) is 4.61. The number of para-hydroxylation sites is 1. The number of anilines is 1. The Bertz CT molecular complexity index is 425. The summed E-state index contributed by atoms with van der Waals surface area (Å²) in [5.74, 6) is -0.205. The zero-order valence-electron chi connectivity index (χ0n) is 9.82. The minimum atomic E-state index is -0.916. The van der Waals surface area contributed by atoms with Gasteiger partial charge >= 0.3 is 5.97 Å². The Kier molecular flexibility index (Phi) is 3.57. The van der Waals surface area contributed by atoms with E-state index in [9.17, 15) is 9.90 Å². The predicted octanol–water partition coefficient (Wildman–Crippen LogP) is 3.27. The van der Waals surface area contributed by atoms with Crippen LogP contribution < -0.4 is 4.90 Å². The van der Waals surface area contributed by atoms with Crippen molar-refractivity contribution in [3.8, 4) is 0 Å². The van der Waals surface area contributed by atoms with E-state index < -0.39 is 5.97 Å². The van der Waals surface area contributed by atoms with Crippen LogP contribution in [0.1, 0.15) is 30.1 Å². The normalized spacial score (nSPS) is 17.2. The summed E-state index contributed by atoms with van der Waals surface area (Å²) in [4.78, 5) is 13.3. The maximum atomic E-state index is 11.2. The molecule has 0 aromatic heterocycles. The molecule has 0 atom stereocenters. The highest BCUT2D eigenvalue weighted by molar-refractivity contribution is 6.34. The van der Waals surface area contributed by atoms with Crippen LogP contribution in [0.15, 0.2) is 18.2 Å². The van der Waals surface area contributed by atoms with E-state index in [0.29, 0.717) is 22.2 Å². The van der Waals surface area contributed by atoms with Crippen LogP contribution in [0, 0.1) is 5.92 Å².